The molecule has 0 saturated carbocycles. The van der Waals surface area contributed by atoms with E-state index in [2.05, 4.69) is 38.9 Å². The number of hydrogen-bond donors (Lipinski definition) is 0. The number of nitrogens with zero attached hydrogens (tertiary/aromatic N) is 3. The first-order valence-electron chi connectivity index (χ1n) is 9.02. The molecule has 4 rings (SSSR count). The zero-order valence-corrected chi connectivity index (χ0v) is 14.1. The van der Waals surface area contributed by atoms with Gasteiger partial charge in [-0.2, -0.15) is 0 Å². The standard InChI is InChI=1S/C20H25N3O/c24-20(23-14-4-13-22-12-3-5-19(22)16-23)18-8-6-17(7-9-18)15-21-10-1-2-11-21/h1-2,6-11,19H,3-5,12-16H2/t19-/m1/s1. The molecular formula is C20H25N3O. The van der Waals surface area contributed by atoms with Crippen LogP contribution in [0.2, 0.25) is 0 Å². The van der Waals surface area contributed by atoms with Crippen LogP contribution in [0.25, 0.3) is 0 Å². The molecule has 2 saturated heterocycles. The Bertz CT molecular complexity index is 677. The van der Waals surface area contributed by atoms with E-state index in [4.69, 9.17) is 0 Å². The molecule has 1 aromatic heterocycles. The van der Waals surface area contributed by atoms with Gasteiger partial charge in [0.1, 0.15) is 0 Å². The number of rotatable bonds is 3. The monoisotopic (exact) mass is 323 g/mol. The molecule has 2 aromatic rings. The average molecular weight is 323 g/mol. The van der Waals surface area contributed by atoms with Gasteiger partial charge in [0.15, 0.2) is 0 Å². The SMILES string of the molecule is O=C(c1ccc(Cn2cccc2)cc1)N1CCCN2CCC[C@@H]2C1. The molecule has 1 atom stereocenters. The van der Waals surface area contributed by atoms with Gasteiger partial charge < -0.3 is 9.47 Å². The van der Waals surface area contributed by atoms with Crippen LogP contribution >= 0.6 is 0 Å². The number of amides is 1. The largest absolute Gasteiger partial charge is 0.350 e. The van der Waals surface area contributed by atoms with Crippen LogP contribution in [0.3, 0.4) is 0 Å². The lowest BCUT2D eigenvalue weighted by Gasteiger charge is -2.25. The summed E-state index contributed by atoms with van der Waals surface area (Å²) in [5.41, 5.74) is 2.04. The molecule has 3 heterocycles. The van der Waals surface area contributed by atoms with Gasteiger partial charge in [-0.3, -0.25) is 9.69 Å². The van der Waals surface area contributed by atoms with E-state index in [0.717, 1.165) is 38.2 Å². The highest BCUT2D eigenvalue weighted by atomic mass is 16.2. The zero-order chi connectivity index (χ0) is 16.4. The van der Waals surface area contributed by atoms with Crippen LogP contribution in [0.5, 0.6) is 0 Å². The Balaban J connectivity index is 1.43. The van der Waals surface area contributed by atoms with Gasteiger partial charge in [-0.15, -0.1) is 0 Å². The number of carbonyl (C=O) groups excluding carboxylic acids is 1. The van der Waals surface area contributed by atoms with Crippen molar-refractivity contribution >= 4 is 5.91 Å². The molecule has 0 N–H and O–H groups in total. The van der Waals surface area contributed by atoms with Crippen molar-refractivity contribution in [1.29, 1.82) is 0 Å². The van der Waals surface area contributed by atoms with Crippen LogP contribution in [0, 0.1) is 0 Å². The first kappa shape index (κ1) is 15.5. The summed E-state index contributed by atoms with van der Waals surface area (Å²) in [4.78, 5) is 17.5. The van der Waals surface area contributed by atoms with Gasteiger partial charge in [0.2, 0.25) is 0 Å². The fraction of sp³-hybridized carbons (Fsp3) is 0.450. The molecule has 2 aliphatic rings. The second-order valence-corrected chi connectivity index (χ2v) is 6.99. The van der Waals surface area contributed by atoms with Crippen LogP contribution in [0.4, 0.5) is 0 Å². The number of benzene rings is 1. The van der Waals surface area contributed by atoms with Gasteiger partial charge in [-0.1, -0.05) is 12.1 Å². The summed E-state index contributed by atoms with van der Waals surface area (Å²) in [5.74, 6) is 0.191. The predicted octanol–water partition coefficient (Wildman–Crippen LogP) is 2.85. The quantitative estimate of drug-likeness (QED) is 0.869. The highest BCUT2D eigenvalue weighted by molar-refractivity contribution is 5.94. The van der Waals surface area contributed by atoms with Gasteiger partial charge in [0, 0.05) is 50.2 Å². The highest BCUT2D eigenvalue weighted by Crippen LogP contribution is 2.22. The van der Waals surface area contributed by atoms with Crippen LogP contribution in [-0.4, -0.2) is 52.5 Å². The first-order chi connectivity index (χ1) is 11.8. The van der Waals surface area contributed by atoms with E-state index in [1.165, 1.54) is 24.9 Å². The van der Waals surface area contributed by atoms with Crippen molar-refractivity contribution in [3.05, 3.63) is 59.9 Å². The van der Waals surface area contributed by atoms with Gasteiger partial charge in [-0.05, 0) is 55.6 Å². The normalized spacial score (nSPS) is 21.5. The first-order valence-corrected chi connectivity index (χ1v) is 9.02. The number of aromatic nitrogens is 1. The molecule has 4 nitrogen and oxygen atoms in total. The van der Waals surface area contributed by atoms with E-state index in [1.807, 2.05) is 24.3 Å². The van der Waals surface area contributed by atoms with Crippen molar-refractivity contribution < 1.29 is 4.79 Å². The molecule has 2 fully saturated rings. The summed E-state index contributed by atoms with van der Waals surface area (Å²) in [6.45, 7) is 4.98. The summed E-state index contributed by atoms with van der Waals surface area (Å²) >= 11 is 0. The molecule has 0 unspecified atom stereocenters. The van der Waals surface area contributed by atoms with Gasteiger partial charge in [0.05, 0.1) is 0 Å². The average Bonchev–Trinajstić information content (AvgIpc) is 3.23. The lowest BCUT2D eigenvalue weighted by atomic mass is 10.1. The Labute approximate surface area is 143 Å². The maximum atomic E-state index is 12.9. The van der Waals surface area contributed by atoms with Crippen molar-refractivity contribution in [1.82, 2.24) is 14.4 Å². The number of carbonyl (C=O) groups is 1. The van der Waals surface area contributed by atoms with Crippen molar-refractivity contribution in [3.63, 3.8) is 0 Å². The van der Waals surface area contributed by atoms with Crippen molar-refractivity contribution in [2.75, 3.05) is 26.2 Å². The summed E-state index contributed by atoms with van der Waals surface area (Å²) in [6, 6.07) is 12.8. The lowest BCUT2D eigenvalue weighted by Crippen LogP contribution is -2.39. The maximum Gasteiger partial charge on any atom is 0.253 e. The molecule has 1 amide bonds. The van der Waals surface area contributed by atoms with E-state index < -0.39 is 0 Å². The molecular weight excluding hydrogens is 298 g/mol. The van der Waals surface area contributed by atoms with E-state index in [9.17, 15) is 4.79 Å². The molecule has 0 radical (unpaired) electrons. The second-order valence-electron chi connectivity index (χ2n) is 6.99. The molecule has 0 bridgehead atoms. The minimum Gasteiger partial charge on any atom is -0.350 e. The molecule has 0 spiro atoms. The van der Waals surface area contributed by atoms with Gasteiger partial charge >= 0.3 is 0 Å². The lowest BCUT2D eigenvalue weighted by molar-refractivity contribution is 0.0743. The summed E-state index contributed by atoms with van der Waals surface area (Å²) in [6.07, 6.45) is 7.72. The highest BCUT2D eigenvalue weighted by Gasteiger charge is 2.30. The van der Waals surface area contributed by atoms with E-state index >= 15 is 0 Å². The van der Waals surface area contributed by atoms with E-state index in [0.29, 0.717) is 6.04 Å². The maximum absolute atomic E-state index is 12.9. The van der Waals surface area contributed by atoms with E-state index in [-0.39, 0.29) is 5.91 Å². The zero-order valence-electron chi connectivity index (χ0n) is 14.1. The third-order valence-electron chi connectivity index (χ3n) is 5.32. The third-order valence-corrected chi connectivity index (χ3v) is 5.32. The summed E-state index contributed by atoms with van der Waals surface area (Å²) in [7, 11) is 0. The number of hydrogen-bond acceptors (Lipinski definition) is 2. The predicted molar refractivity (Wildman–Crippen MR) is 95.1 cm³/mol. The topological polar surface area (TPSA) is 28.5 Å². The molecule has 4 heteroatoms. The van der Waals surface area contributed by atoms with Gasteiger partial charge in [-0.25, -0.2) is 0 Å². The molecule has 2 aliphatic heterocycles. The van der Waals surface area contributed by atoms with Crippen LogP contribution in [0.15, 0.2) is 48.8 Å². The van der Waals surface area contributed by atoms with Gasteiger partial charge in [0.25, 0.3) is 5.91 Å². The van der Waals surface area contributed by atoms with Crippen molar-refractivity contribution in [2.45, 2.75) is 31.8 Å². The van der Waals surface area contributed by atoms with Crippen molar-refractivity contribution in [3.8, 4) is 0 Å². The molecule has 24 heavy (non-hydrogen) atoms. The Morgan fingerprint density at radius 2 is 1.75 bits per heavy atom. The third kappa shape index (κ3) is 3.24. The second kappa shape index (κ2) is 6.81. The Morgan fingerprint density at radius 1 is 1.00 bits per heavy atom. The van der Waals surface area contributed by atoms with Crippen LogP contribution in [-0.2, 0) is 6.54 Å². The Hall–Kier alpha value is -2.07. The smallest absolute Gasteiger partial charge is 0.253 e. The molecule has 126 valence electrons. The number of fused-ring (bicyclic) bond motifs is 1. The molecule has 1 aromatic carbocycles. The fourth-order valence-corrected chi connectivity index (χ4v) is 4.01. The minimum atomic E-state index is 0.191. The van der Waals surface area contributed by atoms with Crippen LogP contribution < -0.4 is 0 Å². The minimum absolute atomic E-state index is 0.191. The van der Waals surface area contributed by atoms with Crippen LogP contribution in [0.1, 0.15) is 35.2 Å². The summed E-state index contributed by atoms with van der Waals surface area (Å²) < 4.78 is 2.14. The van der Waals surface area contributed by atoms with E-state index in [1.54, 1.807) is 0 Å². The summed E-state index contributed by atoms with van der Waals surface area (Å²) in [5, 5.41) is 0. The fourth-order valence-electron chi connectivity index (χ4n) is 4.01. The van der Waals surface area contributed by atoms with Crippen molar-refractivity contribution in [2.24, 2.45) is 0 Å². The molecule has 0 aliphatic carbocycles. The Morgan fingerprint density at radius 3 is 2.54 bits per heavy atom. The Kier molecular flexibility index (Phi) is 4.39.